The molecule has 1 atom stereocenters. The molecule has 1 aromatic rings. The van der Waals surface area contributed by atoms with Gasteiger partial charge in [0.05, 0.1) is 10.8 Å². The van der Waals surface area contributed by atoms with Crippen LogP contribution in [0, 0.1) is 5.92 Å². The van der Waals surface area contributed by atoms with Gasteiger partial charge in [-0.1, -0.05) is 12.1 Å². The second-order valence-corrected chi connectivity index (χ2v) is 8.87. The normalized spacial score (nSPS) is 21.7. The van der Waals surface area contributed by atoms with Crippen LogP contribution in [0.3, 0.4) is 0 Å². The van der Waals surface area contributed by atoms with E-state index in [1.54, 1.807) is 17.0 Å². The monoisotopic (exact) mass is 394 g/mol. The topological polar surface area (TPSA) is 104 Å². The smallest absolute Gasteiger partial charge is 0.238 e. The number of nitrogens with zero attached hydrogens (tertiary/aromatic N) is 3. The molecule has 1 unspecified atom stereocenters. The van der Waals surface area contributed by atoms with Gasteiger partial charge in [0.1, 0.15) is 0 Å². The van der Waals surface area contributed by atoms with Crippen molar-refractivity contribution < 1.29 is 18.0 Å². The Morgan fingerprint density at radius 2 is 1.78 bits per heavy atom. The number of primary sulfonamides is 1. The second kappa shape index (κ2) is 7.95. The van der Waals surface area contributed by atoms with Crippen LogP contribution in [0.25, 0.3) is 0 Å². The fourth-order valence-corrected chi connectivity index (χ4v) is 4.06. The van der Waals surface area contributed by atoms with Gasteiger partial charge in [-0.25, -0.2) is 13.6 Å². The van der Waals surface area contributed by atoms with Gasteiger partial charge in [-0.15, -0.1) is 0 Å². The van der Waals surface area contributed by atoms with E-state index >= 15 is 0 Å². The minimum absolute atomic E-state index is 0.00336. The zero-order chi connectivity index (χ0) is 19.6. The van der Waals surface area contributed by atoms with E-state index in [0.717, 1.165) is 31.7 Å². The Kier molecular flexibility index (Phi) is 5.83. The lowest BCUT2D eigenvalue weighted by molar-refractivity contribution is -0.137. The van der Waals surface area contributed by atoms with Crippen LogP contribution < -0.4 is 5.14 Å². The van der Waals surface area contributed by atoms with E-state index in [0.29, 0.717) is 19.5 Å². The quantitative estimate of drug-likeness (QED) is 0.725. The number of carbonyl (C=O) groups excluding carboxylic acids is 2. The van der Waals surface area contributed by atoms with Crippen LogP contribution >= 0.6 is 0 Å². The van der Waals surface area contributed by atoms with Crippen LogP contribution in [-0.4, -0.2) is 81.2 Å². The van der Waals surface area contributed by atoms with Crippen molar-refractivity contribution in [1.29, 1.82) is 0 Å². The number of piperazine rings is 1. The fourth-order valence-electron chi connectivity index (χ4n) is 3.55. The largest absolute Gasteiger partial charge is 0.342 e. The number of likely N-dealkylation sites (N-methyl/N-ethyl adjacent to an activating group) is 1. The zero-order valence-corrected chi connectivity index (χ0v) is 16.3. The van der Waals surface area contributed by atoms with Gasteiger partial charge in [0.15, 0.2) is 0 Å². The average Bonchev–Trinajstić information content (AvgIpc) is 3.00. The summed E-state index contributed by atoms with van der Waals surface area (Å²) in [5, 5.41) is 5.09. The number of rotatable bonds is 5. The van der Waals surface area contributed by atoms with Crippen LogP contribution in [-0.2, 0) is 26.0 Å². The number of hydrogen-bond acceptors (Lipinski definition) is 5. The van der Waals surface area contributed by atoms with E-state index in [-0.39, 0.29) is 29.0 Å². The van der Waals surface area contributed by atoms with Crippen molar-refractivity contribution in [3.8, 4) is 0 Å². The van der Waals surface area contributed by atoms with Crippen LogP contribution in [0.5, 0.6) is 0 Å². The minimum atomic E-state index is -3.70. The summed E-state index contributed by atoms with van der Waals surface area (Å²) in [6.07, 6.45) is 0.877. The first-order valence-electron chi connectivity index (χ1n) is 9.11. The molecule has 2 aliphatic heterocycles. The van der Waals surface area contributed by atoms with E-state index < -0.39 is 10.0 Å². The predicted octanol–water partition coefficient (Wildman–Crippen LogP) is -0.501. The van der Waals surface area contributed by atoms with Crippen molar-refractivity contribution in [1.82, 2.24) is 14.7 Å². The molecule has 0 aromatic heterocycles. The van der Waals surface area contributed by atoms with Crippen molar-refractivity contribution in [2.24, 2.45) is 11.1 Å². The Balaban J connectivity index is 1.53. The molecule has 1 aromatic carbocycles. The number of nitrogens with two attached hydrogens (primary N) is 1. The number of likely N-dealkylation sites (tertiary alicyclic amines) is 1. The molecule has 2 heterocycles. The standard InChI is InChI=1S/C18H26N4O4S/c1-20-8-10-21(11-9-20)18(24)15-12-17(23)22(13-15)7-6-14-2-4-16(5-3-14)27(19,25)26/h2-5,15H,6-13H2,1H3,(H2,19,25,26). The maximum Gasteiger partial charge on any atom is 0.238 e. The zero-order valence-electron chi connectivity index (χ0n) is 15.5. The van der Waals surface area contributed by atoms with Gasteiger partial charge in [0.2, 0.25) is 21.8 Å². The second-order valence-electron chi connectivity index (χ2n) is 7.31. The summed E-state index contributed by atoms with van der Waals surface area (Å²) in [6.45, 7) is 4.14. The molecule has 0 spiro atoms. The molecule has 0 saturated carbocycles. The van der Waals surface area contributed by atoms with Crippen LogP contribution in [0.4, 0.5) is 0 Å². The van der Waals surface area contributed by atoms with E-state index in [2.05, 4.69) is 4.90 Å². The Bertz CT molecular complexity index is 801. The van der Waals surface area contributed by atoms with Crippen molar-refractivity contribution in [2.75, 3.05) is 46.3 Å². The van der Waals surface area contributed by atoms with Gasteiger partial charge < -0.3 is 14.7 Å². The highest BCUT2D eigenvalue weighted by Gasteiger charge is 2.36. The Labute approximate surface area is 160 Å². The van der Waals surface area contributed by atoms with E-state index in [1.807, 2.05) is 11.9 Å². The average molecular weight is 394 g/mol. The molecule has 0 radical (unpaired) electrons. The molecule has 2 amide bonds. The molecule has 0 bridgehead atoms. The van der Waals surface area contributed by atoms with Gasteiger partial charge in [0, 0.05) is 45.7 Å². The molecule has 2 N–H and O–H groups in total. The van der Waals surface area contributed by atoms with Crippen molar-refractivity contribution in [2.45, 2.75) is 17.7 Å². The van der Waals surface area contributed by atoms with Gasteiger partial charge in [-0.3, -0.25) is 9.59 Å². The lowest BCUT2D eigenvalue weighted by atomic mass is 10.1. The molecule has 8 nitrogen and oxygen atoms in total. The van der Waals surface area contributed by atoms with E-state index in [9.17, 15) is 18.0 Å². The highest BCUT2D eigenvalue weighted by molar-refractivity contribution is 7.89. The van der Waals surface area contributed by atoms with Gasteiger partial charge in [-0.2, -0.15) is 0 Å². The van der Waals surface area contributed by atoms with Crippen molar-refractivity contribution >= 4 is 21.8 Å². The van der Waals surface area contributed by atoms with Gasteiger partial charge in [0.25, 0.3) is 0 Å². The highest BCUT2D eigenvalue weighted by atomic mass is 32.2. The lowest BCUT2D eigenvalue weighted by Crippen LogP contribution is -2.49. The van der Waals surface area contributed by atoms with Crippen molar-refractivity contribution in [3.05, 3.63) is 29.8 Å². The fraction of sp³-hybridized carbons (Fsp3) is 0.556. The molecule has 2 fully saturated rings. The Morgan fingerprint density at radius 1 is 1.15 bits per heavy atom. The first-order chi connectivity index (χ1) is 12.7. The van der Waals surface area contributed by atoms with Crippen molar-refractivity contribution in [3.63, 3.8) is 0 Å². The van der Waals surface area contributed by atoms with Gasteiger partial charge in [-0.05, 0) is 31.2 Å². The van der Waals surface area contributed by atoms with Crippen LogP contribution in [0.15, 0.2) is 29.2 Å². The Morgan fingerprint density at radius 3 is 2.37 bits per heavy atom. The summed E-state index contributed by atoms with van der Waals surface area (Å²) < 4.78 is 22.6. The Hall–Kier alpha value is -1.97. The maximum atomic E-state index is 12.7. The SMILES string of the molecule is CN1CCN(C(=O)C2CC(=O)N(CCc3ccc(S(N)(=O)=O)cc3)C2)CC1. The molecule has 9 heteroatoms. The highest BCUT2D eigenvalue weighted by Crippen LogP contribution is 2.21. The van der Waals surface area contributed by atoms with E-state index in [4.69, 9.17) is 5.14 Å². The third kappa shape index (κ3) is 4.85. The first kappa shape index (κ1) is 19.8. The van der Waals surface area contributed by atoms with Crippen LogP contribution in [0.2, 0.25) is 0 Å². The summed E-state index contributed by atoms with van der Waals surface area (Å²) in [5.41, 5.74) is 0.920. The molecule has 148 valence electrons. The molecule has 2 aliphatic rings. The number of sulfonamides is 1. The number of hydrogen-bond donors (Lipinski definition) is 1. The molecule has 0 aliphatic carbocycles. The molecular formula is C18H26N4O4S. The van der Waals surface area contributed by atoms with Gasteiger partial charge >= 0.3 is 0 Å². The lowest BCUT2D eigenvalue weighted by Gasteiger charge is -2.33. The third-order valence-corrected chi connectivity index (χ3v) is 6.23. The molecular weight excluding hydrogens is 368 g/mol. The first-order valence-corrected chi connectivity index (χ1v) is 10.7. The minimum Gasteiger partial charge on any atom is -0.342 e. The summed E-state index contributed by atoms with van der Waals surface area (Å²) in [4.78, 5) is 30.8. The molecule has 27 heavy (non-hydrogen) atoms. The predicted molar refractivity (Wildman–Crippen MR) is 100 cm³/mol. The summed E-state index contributed by atoms with van der Waals surface area (Å²) in [7, 11) is -1.66. The van der Waals surface area contributed by atoms with E-state index in [1.165, 1.54) is 12.1 Å². The maximum absolute atomic E-state index is 12.7. The van der Waals surface area contributed by atoms with Crippen LogP contribution in [0.1, 0.15) is 12.0 Å². The summed E-state index contributed by atoms with van der Waals surface area (Å²) in [6, 6.07) is 6.34. The number of amides is 2. The summed E-state index contributed by atoms with van der Waals surface area (Å²) in [5.74, 6) is -0.175. The molecule has 3 rings (SSSR count). The summed E-state index contributed by atoms with van der Waals surface area (Å²) >= 11 is 0. The number of benzene rings is 1. The molecule has 2 saturated heterocycles. The number of carbonyl (C=O) groups is 2. The third-order valence-electron chi connectivity index (χ3n) is 5.30.